The van der Waals surface area contributed by atoms with Gasteiger partial charge in [0.05, 0.1) is 18.3 Å². The summed E-state index contributed by atoms with van der Waals surface area (Å²) >= 11 is 0. The van der Waals surface area contributed by atoms with E-state index in [1.54, 1.807) is 6.92 Å². The Morgan fingerprint density at radius 2 is 1.67 bits per heavy atom. The van der Waals surface area contributed by atoms with Crippen LogP contribution >= 0.6 is 0 Å². The summed E-state index contributed by atoms with van der Waals surface area (Å²) in [4.78, 5) is 10.4. The molecule has 3 N–H and O–H groups in total. The largest absolute Gasteiger partial charge is 0.481 e. The second-order valence-corrected chi connectivity index (χ2v) is 6.93. The lowest BCUT2D eigenvalue weighted by Crippen LogP contribution is -2.48. The molecule has 6 heteroatoms. The number of carboxylic acids is 1. The van der Waals surface area contributed by atoms with E-state index in [1.807, 2.05) is 6.92 Å². The number of hydrogen-bond acceptors (Lipinski definition) is 5. The van der Waals surface area contributed by atoms with E-state index in [-0.39, 0.29) is 18.6 Å². The highest BCUT2D eigenvalue weighted by molar-refractivity contribution is 5.66. The van der Waals surface area contributed by atoms with E-state index in [9.17, 15) is 15.0 Å². The molecule has 5 atom stereocenters. The Kier molecular flexibility index (Phi) is 10.5. The molecule has 1 aliphatic rings. The van der Waals surface area contributed by atoms with Gasteiger partial charge in [0.25, 0.3) is 0 Å². The van der Waals surface area contributed by atoms with E-state index >= 15 is 0 Å². The number of carboxylic acid groups (broad SMARTS) is 1. The molecule has 1 aliphatic heterocycles. The number of rotatable bonds is 12. The molecule has 0 radical (unpaired) electrons. The van der Waals surface area contributed by atoms with E-state index in [0.29, 0.717) is 6.42 Å². The first-order valence-corrected chi connectivity index (χ1v) is 9.29. The molecule has 6 nitrogen and oxygen atoms in total. The Morgan fingerprint density at radius 1 is 1.08 bits per heavy atom. The van der Waals surface area contributed by atoms with Crippen molar-refractivity contribution in [3.05, 3.63) is 0 Å². The molecule has 0 amide bonds. The van der Waals surface area contributed by atoms with Crippen molar-refractivity contribution in [2.45, 2.75) is 109 Å². The maximum atomic E-state index is 10.4. The molecule has 1 rings (SSSR count). The highest BCUT2D eigenvalue weighted by Gasteiger charge is 2.35. The van der Waals surface area contributed by atoms with Crippen LogP contribution in [0.4, 0.5) is 0 Å². The van der Waals surface area contributed by atoms with Gasteiger partial charge in [-0.05, 0) is 26.7 Å². The number of unbranched alkanes of at least 4 members (excludes halogenated alkanes) is 6. The first-order valence-electron chi connectivity index (χ1n) is 9.29. The average Bonchev–Trinajstić information content (AvgIpc) is 2.50. The Hall–Kier alpha value is -0.690. The molecule has 0 aromatic heterocycles. The maximum absolute atomic E-state index is 10.4. The van der Waals surface area contributed by atoms with Gasteiger partial charge in [0, 0.05) is 12.8 Å². The standard InChI is InChI=1S/C18H34O6/c1-13(23-18-16(20)12-15(19)14(2)24-18)10-8-6-4-3-5-7-9-11-17(21)22/h13-16,18-20H,3-12H2,1-2H3,(H,21,22). The number of carbonyl (C=O) groups is 1. The lowest BCUT2D eigenvalue weighted by atomic mass is 10.0. The summed E-state index contributed by atoms with van der Waals surface area (Å²) in [6.07, 6.45) is 6.51. The lowest BCUT2D eigenvalue weighted by Gasteiger charge is -2.36. The normalized spacial score (nSPS) is 28.7. The Balaban J connectivity index is 2.00. The van der Waals surface area contributed by atoms with Crippen molar-refractivity contribution in [1.29, 1.82) is 0 Å². The minimum absolute atomic E-state index is 0.0164. The minimum atomic E-state index is -0.774. The first-order chi connectivity index (χ1) is 11.4. The molecule has 0 saturated carbocycles. The Morgan fingerprint density at radius 3 is 2.29 bits per heavy atom. The minimum Gasteiger partial charge on any atom is -0.481 e. The number of ether oxygens (including phenoxy) is 2. The maximum Gasteiger partial charge on any atom is 0.303 e. The molecular formula is C18H34O6. The third kappa shape index (κ3) is 8.97. The van der Waals surface area contributed by atoms with Gasteiger partial charge in [-0.1, -0.05) is 38.5 Å². The second-order valence-electron chi connectivity index (χ2n) is 6.93. The van der Waals surface area contributed by atoms with Crippen molar-refractivity contribution >= 4 is 5.97 Å². The van der Waals surface area contributed by atoms with Gasteiger partial charge < -0.3 is 24.8 Å². The lowest BCUT2D eigenvalue weighted by molar-refractivity contribution is -0.273. The van der Waals surface area contributed by atoms with Crippen molar-refractivity contribution in [3.63, 3.8) is 0 Å². The molecule has 0 bridgehead atoms. The number of aliphatic hydroxyl groups is 2. The summed E-state index contributed by atoms with van der Waals surface area (Å²) in [5.74, 6) is -0.708. The second kappa shape index (κ2) is 11.8. The highest BCUT2D eigenvalue weighted by Crippen LogP contribution is 2.23. The van der Waals surface area contributed by atoms with E-state index in [4.69, 9.17) is 14.6 Å². The van der Waals surface area contributed by atoms with Gasteiger partial charge in [0.2, 0.25) is 0 Å². The van der Waals surface area contributed by atoms with Gasteiger partial charge in [-0.15, -0.1) is 0 Å². The predicted molar refractivity (Wildman–Crippen MR) is 90.7 cm³/mol. The molecule has 0 spiro atoms. The van der Waals surface area contributed by atoms with Crippen LogP contribution in [0.2, 0.25) is 0 Å². The van der Waals surface area contributed by atoms with Crippen LogP contribution in [-0.2, 0) is 14.3 Å². The van der Waals surface area contributed by atoms with E-state index in [0.717, 1.165) is 51.4 Å². The number of hydrogen-bond donors (Lipinski definition) is 3. The van der Waals surface area contributed by atoms with E-state index in [2.05, 4.69) is 0 Å². The molecule has 0 aromatic rings. The molecule has 0 aromatic carbocycles. The SMILES string of the molecule is CC(CCCCCCCCCC(=O)O)OC1OC(C)C(O)CC1O. The average molecular weight is 346 g/mol. The zero-order valence-electron chi connectivity index (χ0n) is 15.0. The summed E-state index contributed by atoms with van der Waals surface area (Å²) in [5.41, 5.74) is 0. The van der Waals surface area contributed by atoms with Crippen LogP contribution in [0.3, 0.4) is 0 Å². The molecule has 24 heavy (non-hydrogen) atoms. The Bertz CT molecular complexity index is 348. The van der Waals surface area contributed by atoms with Crippen LogP contribution in [0.25, 0.3) is 0 Å². The Labute approximate surface area is 145 Å². The summed E-state index contributed by atoms with van der Waals surface area (Å²) in [5, 5.41) is 28.1. The third-order valence-corrected chi connectivity index (χ3v) is 4.56. The third-order valence-electron chi connectivity index (χ3n) is 4.56. The summed E-state index contributed by atoms with van der Waals surface area (Å²) in [7, 11) is 0. The van der Waals surface area contributed by atoms with Crippen molar-refractivity contribution in [1.82, 2.24) is 0 Å². The van der Waals surface area contributed by atoms with E-state index in [1.165, 1.54) is 0 Å². The van der Waals surface area contributed by atoms with Crippen molar-refractivity contribution < 1.29 is 29.6 Å². The highest BCUT2D eigenvalue weighted by atomic mass is 16.7. The zero-order valence-corrected chi connectivity index (χ0v) is 15.0. The van der Waals surface area contributed by atoms with Crippen LogP contribution in [0.15, 0.2) is 0 Å². The quantitative estimate of drug-likeness (QED) is 0.470. The van der Waals surface area contributed by atoms with Crippen molar-refractivity contribution in [2.75, 3.05) is 0 Å². The molecule has 142 valence electrons. The number of aliphatic hydroxyl groups excluding tert-OH is 2. The fourth-order valence-electron chi connectivity index (χ4n) is 2.95. The fourth-order valence-corrected chi connectivity index (χ4v) is 2.95. The van der Waals surface area contributed by atoms with Gasteiger partial charge in [0.1, 0.15) is 6.10 Å². The van der Waals surface area contributed by atoms with Gasteiger partial charge in [-0.25, -0.2) is 0 Å². The van der Waals surface area contributed by atoms with Crippen LogP contribution in [0, 0.1) is 0 Å². The number of aliphatic carboxylic acids is 1. The first kappa shape index (κ1) is 21.4. The van der Waals surface area contributed by atoms with Crippen LogP contribution in [0.1, 0.15) is 78.1 Å². The predicted octanol–water partition coefficient (Wildman–Crippen LogP) is 2.84. The molecule has 5 unspecified atom stereocenters. The van der Waals surface area contributed by atoms with Gasteiger partial charge in [0.15, 0.2) is 6.29 Å². The van der Waals surface area contributed by atoms with Gasteiger partial charge in [-0.3, -0.25) is 4.79 Å². The fraction of sp³-hybridized carbons (Fsp3) is 0.944. The molecule has 1 fully saturated rings. The van der Waals surface area contributed by atoms with Crippen LogP contribution in [-0.4, -0.2) is 52.0 Å². The van der Waals surface area contributed by atoms with Crippen molar-refractivity contribution in [3.8, 4) is 0 Å². The van der Waals surface area contributed by atoms with Crippen molar-refractivity contribution in [2.24, 2.45) is 0 Å². The van der Waals surface area contributed by atoms with Crippen LogP contribution < -0.4 is 0 Å². The topological polar surface area (TPSA) is 96.2 Å². The molecule has 0 aliphatic carbocycles. The summed E-state index contributed by atoms with van der Waals surface area (Å²) < 4.78 is 11.3. The molecule has 1 heterocycles. The van der Waals surface area contributed by atoms with Gasteiger partial charge >= 0.3 is 5.97 Å². The molecular weight excluding hydrogens is 312 g/mol. The summed E-state index contributed by atoms with van der Waals surface area (Å²) in [6.45, 7) is 3.77. The van der Waals surface area contributed by atoms with Gasteiger partial charge in [-0.2, -0.15) is 0 Å². The zero-order chi connectivity index (χ0) is 17.9. The smallest absolute Gasteiger partial charge is 0.303 e. The monoisotopic (exact) mass is 346 g/mol. The van der Waals surface area contributed by atoms with E-state index < -0.39 is 24.5 Å². The molecule has 1 saturated heterocycles. The van der Waals surface area contributed by atoms with Crippen LogP contribution in [0.5, 0.6) is 0 Å². The summed E-state index contributed by atoms with van der Waals surface area (Å²) in [6, 6.07) is 0.